The molecule has 1 aromatic carbocycles. The van der Waals surface area contributed by atoms with Crippen LogP contribution >= 0.6 is 0 Å². The highest BCUT2D eigenvalue weighted by Crippen LogP contribution is 2.21. The molecule has 2 aliphatic rings. The number of Topliss-reactive ketones (excluding diaryl/α,β-unsaturated/α-hetero) is 1. The fourth-order valence-electron chi connectivity index (χ4n) is 3.88. The fraction of sp³-hybridized carbons (Fsp3) is 0.625. The standard InChI is InChI=1S/C24H34N2O6/c1-24(2,3)32-23(29)26-13-7-10-21(27)20(26)17-30-19-11-14-25(15-12-19)22(28)31-16-18-8-5-4-6-9-18/h4-6,8-9,19-20H,7,10-17H2,1-3H3. The molecule has 0 N–H and O–H groups in total. The van der Waals surface area contributed by atoms with Crippen LogP contribution in [0.15, 0.2) is 30.3 Å². The van der Waals surface area contributed by atoms with E-state index in [1.807, 2.05) is 30.3 Å². The second kappa shape index (κ2) is 10.8. The number of hydrogen-bond donors (Lipinski definition) is 0. The Morgan fingerprint density at radius 2 is 1.72 bits per heavy atom. The first-order valence-corrected chi connectivity index (χ1v) is 11.3. The topological polar surface area (TPSA) is 85.4 Å². The average molecular weight is 447 g/mol. The Labute approximate surface area is 189 Å². The molecule has 1 atom stereocenters. The van der Waals surface area contributed by atoms with Gasteiger partial charge in [0.15, 0.2) is 5.78 Å². The zero-order valence-corrected chi connectivity index (χ0v) is 19.2. The van der Waals surface area contributed by atoms with E-state index in [-0.39, 0.29) is 31.2 Å². The van der Waals surface area contributed by atoms with Crippen molar-refractivity contribution in [2.24, 2.45) is 0 Å². The first-order chi connectivity index (χ1) is 15.2. The molecule has 0 aromatic heterocycles. The molecule has 32 heavy (non-hydrogen) atoms. The van der Waals surface area contributed by atoms with Crippen molar-refractivity contribution >= 4 is 18.0 Å². The minimum absolute atomic E-state index is 0.00374. The Hall–Kier alpha value is -2.61. The SMILES string of the molecule is CC(C)(C)OC(=O)N1CCCC(=O)C1COC1CCN(C(=O)OCc2ccccc2)CC1. The number of ketones is 1. The summed E-state index contributed by atoms with van der Waals surface area (Å²) in [6, 6.07) is 8.96. The number of benzene rings is 1. The van der Waals surface area contributed by atoms with Gasteiger partial charge < -0.3 is 19.1 Å². The Kier molecular flexibility index (Phi) is 8.12. The highest BCUT2D eigenvalue weighted by Gasteiger charge is 2.36. The normalized spacial score (nSPS) is 20.2. The van der Waals surface area contributed by atoms with Gasteiger partial charge in [0.1, 0.15) is 18.2 Å². The molecule has 2 aliphatic heterocycles. The molecule has 0 bridgehead atoms. The molecular formula is C24H34N2O6. The van der Waals surface area contributed by atoms with E-state index >= 15 is 0 Å². The van der Waals surface area contributed by atoms with Crippen LogP contribution < -0.4 is 0 Å². The van der Waals surface area contributed by atoms with Gasteiger partial charge in [-0.15, -0.1) is 0 Å². The molecule has 0 radical (unpaired) electrons. The first-order valence-electron chi connectivity index (χ1n) is 11.3. The zero-order chi connectivity index (χ0) is 23.1. The maximum atomic E-state index is 12.5. The van der Waals surface area contributed by atoms with Gasteiger partial charge in [-0.05, 0) is 45.6 Å². The van der Waals surface area contributed by atoms with Crippen LogP contribution in [-0.4, -0.2) is 71.8 Å². The number of amides is 2. The van der Waals surface area contributed by atoms with Crippen LogP contribution in [-0.2, 0) is 25.6 Å². The van der Waals surface area contributed by atoms with Crippen molar-refractivity contribution in [3.05, 3.63) is 35.9 Å². The molecule has 176 valence electrons. The summed E-state index contributed by atoms with van der Waals surface area (Å²) in [5, 5.41) is 0. The molecule has 8 nitrogen and oxygen atoms in total. The van der Waals surface area contributed by atoms with Crippen molar-refractivity contribution in [3.8, 4) is 0 Å². The molecule has 0 aliphatic carbocycles. The number of ether oxygens (including phenoxy) is 3. The van der Waals surface area contributed by atoms with Gasteiger partial charge >= 0.3 is 12.2 Å². The van der Waals surface area contributed by atoms with E-state index < -0.39 is 17.7 Å². The van der Waals surface area contributed by atoms with E-state index in [2.05, 4.69) is 0 Å². The third-order valence-electron chi connectivity index (χ3n) is 5.59. The van der Waals surface area contributed by atoms with Crippen molar-refractivity contribution in [3.63, 3.8) is 0 Å². The molecule has 1 unspecified atom stereocenters. The highest BCUT2D eigenvalue weighted by molar-refractivity contribution is 5.88. The van der Waals surface area contributed by atoms with Crippen LogP contribution in [0.3, 0.4) is 0 Å². The second-order valence-electron chi connectivity index (χ2n) is 9.32. The smallest absolute Gasteiger partial charge is 0.410 e. The summed E-state index contributed by atoms with van der Waals surface area (Å²) < 4.78 is 16.9. The molecule has 3 rings (SSSR count). The van der Waals surface area contributed by atoms with E-state index in [9.17, 15) is 14.4 Å². The summed E-state index contributed by atoms with van der Waals surface area (Å²) in [5.74, 6) is 0.00374. The molecular weight excluding hydrogens is 412 g/mol. The van der Waals surface area contributed by atoms with Gasteiger partial charge in [-0.1, -0.05) is 30.3 Å². The van der Waals surface area contributed by atoms with Crippen LogP contribution in [0.1, 0.15) is 52.0 Å². The number of nitrogens with zero attached hydrogens (tertiary/aromatic N) is 2. The Balaban J connectivity index is 1.44. The van der Waals surface area contributed by atoms with Gasteiger partial charge in [0.2, 0.25) is 0 Å². The van der Waals surface area contributed by atoms with Crippen molar-refractivity contribution in [2.45, 2.75) is 70.8 Å². The van der Waals surface area contributed by atoms with Gasteiger partial charge in [0.25, 0.3) is 0 Å². The largest absolute Gasteiger partial charge is 0.445 e. The lowest BCUT2D eigenvalue weighted by Crippen LogP contribution is -2.53. The third-order valence-corrected chi connectivity index (χ3v) is 5.59. The number of likely N-dealkylation sites (tertiary alicyclic amines) is 2. The Morgan fingerprint density at radius 3 is 2.38 bits per heavy atom. The van der Waals surface area contributed by atoms with E-state index in [1.54, 1.807) is 25.7 Å². The highest BCUT2D eigenvalue weighted by atomic mass is 16.6. The van der Waals surface area contributed by atoms with Gasteiger partial charge in [-0.2, -0.15) is 0 Å². The predicted octanol–water partition coefficient (Wildman–Crippen LogP) is 3.77. The monoisotopic (exact) mass is 446 g/mol. The van der Waals surface area contributed by atoms with Crippen molar-refractivity contribution in [1.82, 2.24) is 9.80 Å². The lowest BCUT2D eigenvalue weighted by molar-refractivity contribution is -0.131. The quantitative estimate of drug-likeness (QED) is 0.684. The Bertz CT molecular complexity index is 783. The molecule has 2 saturated heterocycles. The minimum Gasteiger partial charge on any atom is -0.445 e. The lowest BCUT2D eigenvalue weighted by Gasteiger charge is -2.37. The molecule has 1 aromatic rings. The second-order valence-corrected chi connectivity index (χ2v) is 9.32. The molecule has 0 spiro atoms. The molecule has 8 heteroatoms. The van der Waals surface area contributed by atoms with Crippen LogP contribution in [0, 0.1) is 0 Å². The van der Waals surface area contributed by atoms with Crippen molar-refractivity contribution in [1.29, 1.82) is 0 Å². The van der Waals surface area contributed by atoms with Crippen LogP contribution in [0.2, 0.25) is 0 Å². The summed E-state index contributed by atoms with van der Waals surface area (Å²) in [7, 11) is 0. The van der Waals surface area contributed by atoms with Gasteiger partial charge in [-0.25, -0.2) is 9.59 Å². The third kappa shape index (κ3) is 6.95. The van der Waals surface area contributed by atoms with Gasteiger partial charge in [0, 0.05) is 26.1 Å². The predicted molar refractivity (Wildman–Crippen MR) is 118 cm³/mol. The van der Waals surface area contributed by atoms with Gasteiger partial charge in [0.05, 0.1) is 12.7 Å². The number of hydrogen-bond acceptors (Lipinski definition) is 6. The first kappa shape index (κ1) is 24.0. The summed E-state index contributed by atoms with van der Waals surface area (Å²) in [6.45, 7) is 7.38. The summed E-state index contributed by atoms with van der Waals surface area (Å²) >= 11 is 0. The zero-order valence-electron chi connectivity index (χ0n) is 19.2. The van der Waals surface area contributed by atoms with Crippen LogP contribution in [0.25, 0.3) is 0 Å². The van der Waals surface area contributed by atoms with E-state index in [4.69, 9.17) is 14.2 Å². The number of rotatable bonds is 5. The maximum absolute atomic E-state index is 12.5. The number of carbonyl (C=O) groups excluding carboxylic acids is 3. The average Bonchev–Trinajstić information content (AvgIpc) is 2.76. The van der Waals surface area contributed by atoms with E-state index in [1.165, 1.54) is 4.90 Å². The van der Waals surface area contributed by atoms with Crippen molar-refractivity contribution in [2.75, 3.05) is 26.2 Å². The molecule has 2 amide bonds. The van der Waals surface area contributed by atoms with Crippen LogP contribution in [0.5, 0.6) is 0 Å². The molecule has 0 saturated carbocycles. The van der Waals surface area contributed by atoms with Crippen LogP contribution in [0.4, 0.5) is 9.59 Å². The maximum Gasteiger partial charge on any atom is 0.410 e. The lowest BCUT2D eigenvalue weighted by atomic mass is 10.0. The summed E-state index contributed by atoms with van der Waals surface area (Å²) in [4.78, 5) is 40.5. The van der Waals surface area contributed by atoms with Gasteiger partial charge in [-0.3, -0.25) is 9.69 Å². The van der Waals surface area contributed by atoms with E-state index in [0.29, 0.717) is 45.3 Å². The fourth-order valence-corrected chi connectivity index (χ4v) is 3.88. The molecule has 2 fully saturated rings. The van der Waals surface area contributed by atoms with Crippen molar-refractivity contribution < 1.29 is 28.6 Å². The summed E-state index contributed by atoms with van der Waals surface area (Å²) in [6.07, 6.45) is 1.53. The molecule has 2 heterocycles. The van der Waals surface area contributed by atoms with E-state index in [0.717, 1.165) is 5.56 Å². The number of carbonyl (C=O) groups is 3. The number of piperidine rings is 2. The minimum atomic E-state index is -0.620. The summed E-state index contributed by atoms with van der Waals surface area (Å²) in [5.41, 5.74) is 0.330. The Morgan fingerprint density at radius 1 is 1.03 bits per heavy atom.